The van der Waals surface area contributed by atoms with E-state index in [1.807, 2.05) is 30.4 Å². The number of thiazole rings is 1. The smallest absolute Gasteiger partial charge is 0.265 e. The number of nitrogens with zero attached hydrogens (tertiary/aromatic N) is 4. The number of hydrogen-bond acceptors (Lipinski definition) is 5. The average molecular weight is 465 g/mol. The molecule has 2 saturated heterocycles. The second-order valence-corrected chi connectivity index (χ2v) is 11.5. The molecule has 4 rings (SSSR count). The minimum atomic E-state index is -3.58. The van der Waals surface area contributed by atoms with Gasteiger partial charge in [0.05, 0.1) is 11.4 Å². The Morgan fingerprint density at radius 1 is 1.16 bits per heavy atom. The lowest BCUT2D eigenvalue weighted by molar-refractivity contribution is 0.0796. The molecule has 0 N–H and O–H groups in total. The maximum Gasteiger partial charge on any atom is 0.265 e. The van der Waals surface area contributed by atoms with Crippen molar-refractivity contribution in [3.63, 3.8) is 0 Å². The van der Waals surface area contributed by atoms with Gasteiger partial charge < -0.3 is 9.47 Å². The lowest BCUT2D eigenvalue weighted by Crippen LogP contribution is -2.43. The van der Waals surface area contributed by atoms with Crippen molar-refractivity contribution in [1.29, 1.82) is 0 Å². The highest BCUT2D eigenvalue weighted by molar-refractivity contribution is 7.89. The molecule has 2 fully saturated rings. The van der Waals surface area contributed by atoms with Gasteiger partial charge in [-0.15, -0.1) is 11.3 Å². The van der Waals surface area contributed by atoms with Crippen LogP contribution in [0.15, 0.2) is 11.0 Å². The molecule has 170 valence electrons. The fourth-order valence-electron chi connectivity index (χ4n) is 4.73. The van der Waals surface area contributed by atoms with Crippen molar-refractivity contribution < 1.29 is 13.2 Å². The standard InChI is InChI=1S/C22H32N4O3S2/c1-5-17-10-6-7-13-26(17)31(28,29)19-14-18(24(4)16(19)3)21-23-15(2)20(30-21)22(27)25-11-8-9-12-25/h14,17H,5-13H2,1-4H3/t17-/m0/s1. The van der Waals surface area contributed by atoms with Gasteiger partial charge >= 0.3 is 0 Å². The van der Waals surface area contributed by atoms with Crippen LogP contribution in [0.25, 0.3) is 10.7 Å². The molecule has 0 bridgehead atoms. The first-order valence-corrected chi connectivity index (χ1v) is 13.5. The molecule has 31 heavy (non-hydrogen) atoms. The maximum atomic E-state index is 13.6. The highest BCUT2D eigenvalue weighted by Gasteiger charge is 2.35. The van der Waals surface area contributed by atoms with Crippen molar-refractivity contribution in [3.8, 4) is 10.7 Å². The van der Waals surface area contributed by atoms with Crippen molar-refractivity contribution in [1.82, 2.24) is 18.8 Å². The molecule has 2 aromatic rings. The Hall–Kier alpha value is -1.71. The highest BCUT2D eigenvalue weighted by atomic mass is 32.2. The third-order valence-electron chi connectivity index (χ3n) is 6.72. The quantitative estimate of drug-likeness (QED) is 0.671. The maximum absolute atomic E-state index is 13.6. The van der Waals surface area contributed by atoms with Crippen LogP contribution in [0, 0.1) is 13.8 Å². The summed E-state index contributed by atoms with van der Waals surface area (Å²) in [5, 5.41) is 0.692. The Balaban J connectivity index is 1.70. The summed E-state index contributed by atoms with van der Waals surface area (Å²) in [6.07, 6.45) is 5.82. The summed E-state index contributed by atoms with van der Waals surface area (Å²) in [7, 11) is -1.71. The number of piperidine rings is 1. The van der Waals surface area contributed by atoms with Crippen LogP contribution >= 0.6 is 11.3 Å². The van der Waals surface area contributed by atoms with E-state index < -0.39 is 10.0 Å². The molecule has 7 nitrogen and oxygen atoms in total. The second-order valence-electron chi connectivity index (χ2n) is 8.64. The number of sulfonamides is 1. The third kappa shape index (κ3) is 3.96. The first-order chi connectivity index (χ1) is 14.8. The van der Waals surface area contributed by atoms with Gasteiger partial charge in [-0.3, -0.25) is 4.79 Å². The van der Waals surface area contributed by atoms with Crippen molar-refractivity contribution >= 4 is 27.3 Å². The van der Waals surface area contributed by atoms with Crippen LogP contribution in [0.2, 0.25) is 0 Å². The van der Waals surface area contributed by atoms with E-state index in [4.69, 9.17) is 0 Å². The summed E-state index contributed by atoms with van der Waals surface area (Å²) in [5.41, 5.74) is 2.16. The molecule has 9 heteroatoms. The molecule has 0 saturated carbocycles. The minimum absolute atomic E-state index is 0.0385. The lowest BCUT2D eigenvalue weighted by atomic mass is 10.0. The van der Waals surface area contributed by atoms with E-state index in [0.29, 0.717) is 32.7 Å². The topological polar surface area (TPSA) is 75.5 Å². The average Bonchev–Trinajstić information content (AvgIpc) is 3.48. The monoisotopic (exact) mass is 464 g/mol. The zero-order chi connectivity index (χ0) is 22.3. The van der Waals surface area contributed by atoms with Crippen LogP contribution < -0.4 is 0 Å². The molecule has 0 spiro atoms. The van der Waals surface area contributed by atoms with E-state index in [2.05, 4.69) is 11.9 Å². The summed E-state index contributed by atoms with van der Waals surface area (Å²) < 4.78 is 30.7. The molecule has 1 amide bonds. The second kappa shape index (κ2) is 8.67. The number of aryl methyl sites for hydroxylation is 1. The third-order valence-corrected chi connectivity index (χ3v) is 9.96. The SMILES string of the molecule is CC[C@H]1CCCCN1S(=O)(=O)c1cc(-c2nc(C)c(C(=O)N3CCCC3)s2)n(C)c1C. The first-order valence-electron chi connectivity index (χ1n) is 11.2. The zero-order valence-corrected chi connectivity index (χ0v) is 20.5. The summed E-state index contributed by atoms with van der Waals surface area (Å²) in [5.74, 6) is 0.0385. The van der Waals surface area contributed by atoms with Gasteiger partial charge in [0.1, 0.15) is 14.8 Å². The van der Waals surface area contributed by atoms with Crippen LogP contribution in [0.1, 0.15) is 66.5 Å². The molecule has 2 aliphatic heterocycles. The van der Waals surface area contributed by atoms with Crippen molar-refractivity contribution in [2.24, 2.45) is 7.05 Å². The number of rotatable bonds is 5. The van der Waals surface area contributed by atoms with Gasteiger partial charge in [0.2, 0.25) is 10.0 Å². The molecular formula is C22H32N4O3S2. The summed E-state index contributed by atoms with van der Waals surface area (Å²) in [6.45, 7) is 7.93. The largest absolute Gasteiger partial charge is 0.345 e. The van der Waals surface area contributed by atoms with Gasteiger partial charge in [0.25, 0.3) is 5.91 Å². The number of likely N-dealkylation sites (tertiary alicyclic amines) is 1. The molecule has 2 aromatic heterocycles. The van der Waals surface area contributed by atoms with Crippen LogP contribution in [0.5, 0.6) is 0 Å². The Kier molecular flexibility index (Phi) is 6.29. The predicted octanol–water partition coefficient (Wildman–Crippen LogP) is 3.95. The molecule has 0 aliphatic carbocycles. The van der Waals surface area contributed by atoms with Gasteiger partial charge in [0, 0.05) is 38.4 Å². The van der Waals surface area contributed by atoms with E-state index in [9.17, 15) is 13.2 Å². The number of carbonyl (C=O) groups excluding carboxylic acids is 1. The van der Waals surface area contributed by atoms with Gasteiger partial charge in [-0.05, 0) is 52.0 Å². The van der Waals surface area contributed by atoms with Gasteiger partial charge in [0.15, 0.2) is 0 Å². The van der Waals surface area contributed by atoms with E-state index >= 15 is 0 Å². The lowest BCUT2D eigenvalue weighted by Gasteiger charge is -2.34. The van der Waals surface area contributed by atoms with E-state index in [1.165, 1.54) is 11.3 Å². The Bertz CT molecular complexity index is 1080. The highest BCUT2D eigenvalue weighted by Crippen LogP contribution is 2.35. The molecule has 1 atom stereocenters. The summed E-state index contributed by atoms with van der Waals surface area (Å²) in [6, 6.07) is 1.81. The predicted molar refractivity (Wildman–Crippen MR) is 123 cm³/mol. The van der Waals surface area contributed by atoms with Gasteiger partial charge in [-0.25, -0.2) is 13.4 Å². The normalized spacial score (nSPS) is 20.5. The summed E-state index contributed by atoms with van der Waals surface area (Å²) >= 11 is 1.36. The zero-order valence-electron chi connectivity index (χ0n) is 18.8. The Labute approximate surface area is 189 Å². The van der Waals surface area contributed by atoms with E-state index in [-0.39, 0.29) is 11.9 Å². The molecule has 0 aromatic carbocycles. The van der Waals surface area contributed by atoms with Gasteiger partial charge in [-0.2, -0.15) is 4.31 Å². The number of hydrogen-bond donors (Lipinski definition) is 0. The molecule has 4 heterocycles. The Morgan fingerprint density at radius 3 is 2.52 bits per heavy atom. The molecule has 0 radical (unpaired) electrons. The fourth-order valence-corrected chi connectivity index (χ4v) is 7.86. The number of aromatic nitrogens is 2. The molecule has 2 aliphatic rings. The fraction of sp³-hybridized carbons (Fsp3) is 0.636. The number of carbonyl (C=O) groups is 1. The van der Waals surface area contributed by atoms with Crippen molar-refractivity contribution in [3.05, 3.63) is 22.3 Å². The molecule has 0 unspecified atom stereocenters. The van der Waals surface area contributed by atoms with E-state index in [0.717, 1.165) is 57.3 Å². The summed E-state index contributed by atoms with van der Waals surface area (Å²) in [4.78, 5) is 20.4. The number of amides is 1. The minimum Gasteiger partial charge on any atom is -0.345 e. The first kappa shape index (κ1) is 22.5. The van der Waals surface area contributed by atoms with Gasteiger partial charge in [-0.1, -0.05) is 13.3 Å². The molecular weight excluding hydrogens is 432 g/mol. The van der Waals surface area contributed by atoms with Crippen LogP contribution in [0.4, 0.5) is 0 Å². The van der Waals surface area contributed by atoms with Crippen LogP contribution in [-0.4, -0.2) is 58.8 Å². The van der Waals surface area contributed by atoms with Crippen LogP contribution in [0.3, 0.4) is 0 Å². The van der Waals surface area contributed by atoms with Crippen molar-refractivity contribution in [2.45, 2.75) is 70.2 Å². The van der Waals surface area contributed by atoms with Crippen LogP contribution in [-0.2, 0) is 17.1 Å². The Morgan fingerprint density at radius 2 is 1.84 bits per heavy atom. The van der Waals surface area contributed by atoms with E-state index in [1.54, 1.807) is 10.4 Å². The van der Waals surface area contributed by atoms with Crippen molar-refractivity contribution in [2.75, 3.05) is 19.6 Å².